The summed E-state index contributed by atoms with van der Waals surface area (Å²) in [5, 5.41) is 9.19. The molecule has 0 atom stereocenters. The third kappa shape index (κ3) is 3.74. The maximum absolute atomic E-state index is 11.7. The topological polar surface area (TPSA) is 60.9 Å². The summed E-state index contributed by atoms with van der Waals surface area (Å²) < 4.78 is 0. The highest BCUT2D eigenvalue weighted by atomic mass is 35.5. The van der Waals surface area contributed by atoms with Crippen LogP contribution < -0.4 is 4.90 Å². The minimum absolute atomic E-state index is 0.261. The maximum Gasteiger partial charge on any atom is 0.328 e. The second kappa shape index (κ2) is 6.43. The van der Waals surface area contributed by atoms with Gasteiger partial charge in [0.15, 0.2) is 0 Å². The van der Waals surface area contributed by atoms with Gasteiger partial charge in [-0.3, -0.25) is 4.79 Å². The van der Waals surface area contributed by atoms with Crippen LogP contribution in [0, 0.1) is 0 Å². The summed E-state index contributed by atoms with van der Waals surface area (Å²) in [6.45, 7) is 2.58. The van der Waals surface area contributed by atoms with Crippen LogP contribution in [0.3, 0.4) is 0 Å². The molecule has 1 aliphatic heterocycles. The fourth-order valence-corrected chi connectivity index (χ4v) is 2.21. The van der Waals surface area contributed by atoms with Gasteiger partial charge in [0.1, 0.15) is 0 Å². The molecule has 6 heteroatoms. The Balaban J connectivity index is 1.90. The molecule has 0 bridgehead atoms. The third-order valence-electron chi connectivity index (χ3n) is 3.15. The molecule has 1 aromatic rings. The lowest BCUT2D eigenvalue weighted by Gasteiger charge is -2.35. The van der Waals surface area contributed by atoms with E-state index < -0.39 is 5.97 Å². The fourth-order valence-electron chi connectivity index (χ4n) is 2.08. The molecule has 0 saturated carbocycles. The van der Waals surface area contributed by atoms with E-state index >= 15 is 0 Å². The number of halogens is 1. The number of nitrogens with zero attached hydrogens (tertiary/aromatic N) is 2. The molecule has 1 amide bonds. The molecule has 106 valence electrons. The van der Waals surface area contributed by atoms with Gasteiger partial charge in [0.2, 0.25) is 5.91 Å². The number of hydrogen-bond acceptors (Lipinski definition) is 3. The maximum atomic E-state index is 11.7. The number of benzene rings is 1. The van der Waals surface area contributed by atoms with Crippen LogP contribution in [0.15, 0.2) is 36.4 Å². The molecule has 1 N–H and O–H groups in total. The lowest BCUT2D eigenvalue weighted by atomic mass is 10.2. The summed E-state index contributed by atoms with van der Waals surface area (Å²) in [6.07, 6.45) is 1.97. The van der Waals surface area contributed by atoms with E-state index in [9.17, 15) is 9.59 Å². The SMILES string of the molecule is O=C(O)/C=C/C(=O)N1CCN(c2ccc(Cl)cc2)CC1. The summed E-state index contributed by atoms with van der Waals surface area (Å²) in [7, 11) is 0. The van der Waals surface area contributed by atoms with Crippen molar-refractivity contribution in [1.82, 2.24) is 4.90 Å². The van der Waals surface area contributed by atoms with Crippen molar-refractivity contribution in [2.75, 3.05) is 31.1 Å². The Labute approximate surface area is 122 Å². The molecule has 0 spiro atoms. The third-order valence-corrected chi connectivity index (χ3v) is 3.40. The molecule has 0 aliphatic carbocycles. The number of aliphatic carboxylic acids is 1. The highest BCUT2D eigenvalue weighted by Gasteiger charge is 2.19. The van der Waals surface area contributed by atoms with Crippen LogP contribution in [0.5, 0.6) is 0 Å². The molecule has 1 fully saturated rings. The van der Waals surface area contributed by atoms with Crippen LogP contribution in [-0.2, 0) is 9.59 Å². The largest absolute Gasteiger partial charge is 0.478 e. The lowest BCUT2D eigenvalue weighted by Crippen LogP contribution is -2.48. The zero-order valence-corrected chi connectivity index (χ0v) is 11.6. The van der Waals surface area contributed by atoms with Crippen molar-refractivity contribution >= 4 is 29.2 Å². The van der Waals surface area contributed by atoms with Crippen molar-refractivity contribution in [2.24, 2.45) is 0 Å². The van der Waals surface area contributed by atoms with Gasteiger partial charge < -0.3 is 14.9 Å². The average Bonchev–Trinajstić information content (AvgIpc) is 2.46. The minimum Gasteiger partial charge on any atom is -0.478 e. The average molecular weight is 295 g/mol. The predicted molar refractivity (Wildman–Crippen MR) is 77.0 cm³/mol. The van der Waals surface area contributed by atoms with Crippen LogP contribution in [0.25, 0.3) is 0 Å². The molecule has 0 aromatic heterocycles. The Morgan fingerprint density at radius 2 is 1.65 bits per heavy atom. The zero-order valence-electron chi connectivity index (χ0n) is 10.8. The number of carboxylic acid groups (broad SMARTS) is 1. The monoisotopic (exact) mass is 294 g/mol. The van der Waals surface area contributed by atoms with E-state index in [4.69, 9.17) is 16.7 Å². The quantitative estimate of drug-likeness (QED) is 0.861. The lowest BCUT2D eigenvalue weighted by molar-refractivity contribution is -0.132. The van der Waals surface area contributed by atoms with Crippen LogP contribution in [-0.4, -0.2) is 48.1 Å². The van der Waals surface area contributed by atoms with Crippen molar-refractivity contribution in [1.29, 1.82) is 0 Å². The first-order chi connectivity index (χ1) is 9.56. The van der Waals surface area contributed by atoms with Gasteiger partial charge in [0, 0.05) is 49.0 Å². The van der Waals surface area contributed by atoms with Crippen molar-refractivity contribution < 1.29 is 14.7 Å². The second-order valence-electron chi connectivity index (χ2n) is 4.46. The number of hydrogen-bond donors (Lipinski definition) is 1. The molecular formula is C14H15ClN2O3. The van der Waals surface area contributed by atoms with Crippen LogP contribution in [0.2, 0.25) is 5.02 Å². The highest BCUT2D eigenvalue weighted by Crippen LogP contribution is 2.19. The number of anilines is 1. The number of piperazine rings is 1. The number of carboxylic acids is 1. The van der Waals surface area contributed by atoms with Gasteiger partial charge in [-0.2, -0.15) is 0 Å². The van der Waals surface area contributed by atoms with Gasteiger partial charge in [0.25, 0.3) is 0 Å². The van der Waals surface area contributed by atoms with Crippen LogP contribution >= 0.6 is 11.6 Å². The zero-order chi connectivity index (χ0) is 14.5. The summed E-state index contributed by atoms with van der Waals surface area (Å²) in [5.74, 6) is -1.37. The highest BCUT2D eigenvalue weighted by molar-refractivity contribution is 6.30. The van der Waals surface area contributed by atoms with E-state index in [0.717, 1.165) is 17.8 Å². The molecule has 0 radical (unpaired) electrons. The normalized spacial score (nSPS) is 15.7. The van der Waals surface area contributed by atoms with E-state index in [1.807, 2.05) is 24.3 Å². The first-order valence-corrected chi connectivity index (χ1v) is 6.64. The summed E-state index contributed by atoms with van der Waals surface area (Å²) in [6, 6.07) is 7.57. The molecule has 1 aliphatic rings. The summed E-state index contributed by atoms with van der Waals surface area (Å²) >= 11 is 5.85. The van der Waals surface area contributed by atoms with E-state index in [0.29, 0.717) is 31.2 Å². The van der Waals surface area contributed by atoms with Gasteiger partial charge in [0.05, 0.1) is 0 Å². The van der Waals surface area contributed by atoms with E-state index in [1.54, 1.807) is 4.90 Å². The first kappa shape index (κ1) is 14.4. The van der Waals surface area contributed by atoms with E-state index in [1.165, 1.54) is 0 Å². The number of amides is 1. The molecule has 2 rings (SSSR count). The summed E-state index contributed by atoms with van der Waals surface area (Å²) in [4.78, 5) is 25.9. The van der Waals surface area contributed by atoms with E-state index in [-0.39, 0.29) is 5.91 Å². The fraction of sp³-hybridized carbons (Fsp3) is 0.286. The Kier molecular flexibility index (Phi) is 4.63. The molecule has 1 saturated heterocycles. The Morgan fingerprint density at radius 1 is 1.05 bits per heavy atom. The van der Waals surface area contributed by atoms with Gasteiger partial charge in [-0.25, -0.2) is 4.79 Å². The van der Waals surface area contributed by atoms with E-state index in [2.05, 4.69) is 4.90 Å². The van der Waals surface area contributed by atoms with Crippen molar-refractivity contribution in [3.05, 3.63) is 41.4 Å². The van der Waals surface area contributed by atoms with Gasteiger partial charge in [-0.1, -0.05) is 11.6 Å². The summed E-state index contributed by atoms with van der Waals surface area (Å²) in [5.41, 5.74) is 1.07. The standard InChI is InChI=1S/C14H15ClN2O3/c15-11-1-3-12(4-2-11)16-7-9-17(10-8-16)13(18)5-6-14(19)20/h1-6H,7-10H2,(H,19,20)/b6-5+. The van der Waals surface area contributed by atoms with Crippen LogP contribution in [0.1, 0.15) is 0 Å². The number of carbonyl (C=O) groups excluding carboxylic acids is 1. The Hall–Kier alpha value is -2.01. The molecule has 20 heavy (non-hydrogen) atoms. The van der Waals surface area contributed by atoms with Crippen molar-refractivity contribution in [3.63, 3.8) is 0 Å². The van der Waals surface area contributed by atoms with Gasteiger partial charge in [-0.15, -0.1) is 0 Å². The van der Waals surface area contributed by atoms with Crippen molar-refractivity contribution in [2.45, 2.75) is 0 Å². The molecule has 1 heterocycles. The molecule has 0 unspecified atom stereocenters. The van der Waals surface area contributed by atoms with Crippen molar-refractivity contribution in [3.8, 4) is 0 Å². The predicted octanol–water partition coefficient (Wildman–Crippen LogP) is 1.63. The second-order valence-corrected chi connectivity index (χ2v) is 4.90. The Bertz CT molecular complexity index is 520. The molecular weight excluding hydrogens is 280 g/mol. The van der Waals surface area contributed by atoms with Crippen LogP contribution in [0.4, 0.5) is 5.69 Å². The molecule has 5 nitrogen and oxygen atoms in total. The van der Waals surface area contributed by atoms with Gasteiger partial charge in [-0.05, 0) is 24.3 Å². The Morgan fingerprint density at radius 3 is 2.20 bits per heavy atom. The first-order valence-electron chi connectivity index (χ1n) is 6.27. The number of carbonyl (C=O) groups is 2. The number of rotatable bonds is 3. The minimum atomic E-state index is -1.11. The smallest absolute Gasteiger partial charge is 0.328 e. The van der Waals surface area contributed by atoms with Gasteiger partial charge >= 0.3 is 5.97 Å². The molecule has 1 aromatic carbocycles.